The fourth-order valence-electron chi connectivity index (χ4n) is 3.10. The Labute approximate surface area is 184 Å². The van der Waals surface area contributed by atoms with E-state index < -0.39 is 11.8 Å². The van der Waals surface area contributed by atoms with Crippen molar-refractivity contribution in [2.45, 2.75) is 46.6 Å². The number of nitriles is 1. The van der Waals surface area contributed by atoms with Gasteiger partial charge in [-0.05, 0) is 42.0 Å². The van der Waals surface area contributed by atoms with Crippen molar-refractivity contribution in [3.05, 3.63) is 59.7 Å². The quantitative estimate of drug-likeness (QED) is 0.578. The normalized spacial score (nSPS) is 11.6. The first-order valence-electron chi connectivity index (χ1n) is 10.6. The molecule has 6 nitrogen and oxygen atoms in total. The van der Waals surface area contributed by atoms with Crippen molar-refractivity contribution in [3.8, 4) is 11.8 Å². The largest absolute Gasteiger partial charge is 0.493 e. The molecule has 0 saturated heterocycles. The summed E-state index contributed by atoms with van der Waals surface area (Å²) in [6, 6.07) is 16.2. The SMILES string of the molecule is CC(C)COc1ccccc1[C@H](CC(C)C)NC(=O)C(=O)Nc1ccc(CC#N)cc1. The minimum Gasteiger partial charge on any atom is -0.493 e. The first kappa shape index (κ1) is 23.9. The van der Waals surface area contributed by atoms with Crippen LogP contribution in [-0.4, -0.2) is 18.4 Å². The van der Waals surface area contributed by atoms with Crippen LogP contribution in [0.25, 0.3) is 0 Å². The van der Waals surface area contributed by atoms with Crippen LogP contribution >= 0.6 is 0 Å². The molecule has 2 amide bonds. The summed E-state index contributed by atoms with van der Waals surface area (Å²) in [6.45, 7) is 8.86. The molecule has 0 aliphatic carbocycles. The zero-order valence-corrected chi connectivity index (χ0v) is 18.6. The van der Waals surface area contributed by atoms with Gasteiger partial charge >= 0.3 is 11.8 Å². The highest BCUT2D eigenvalue weighted by Gasteiger charge is 2.23. The predicted molar refractivity (Wildman–Crippen MR) is 122 cm³/mol. The number of carbonyl (C=O) groups is 2. The zero-order valence-electron chi connectivity index (χ0n) is 18.6. The first-order valence-corrected chi connectivity index (χ1v) is 10.6. The lowest BCUT2D eigenvalue weighted by molar-refractivity contribution is -0.136. The van der Waals surface area contributed by atoms with E-state index in [2.05, 4.69) is 44.4 Å². The number of hydrogen-bond acceptors (Lipinski definition) is 4. The summed E-state index contributed by atoms with van der Waals surface area (Å²) in [5.41, 5.74) is 2.21. The second-order valence-electron chi connectivity index (χ2n) is 8.38. The Bertz CT molecular complexity index is 914. The predicted octanol–water partition coefficient (Wildman–Crippen LogP) is 4.63. The van der Waals surface area contributed by atoms with Gasteiger partial charge in [-0.15, -0.1) is 0 Å². The number of para-hydroxylation sites is 1. The highest BCUT2D eigenvalue weighted by Crippen LogP contribution is 2.30. The Morgan fingerprint density at radius 1 is 0.968 bits per heavy atom. The number of rotatable bonds is 9. The molecule has 2 rings (SSSR count). The monoisotopic (exact) mass is 421 g/mol. The van der Waals surface area contributed by atoms with Crippen molar-refractivity contribution in [2.75, 3.05) is 11.9 Å². The van der Waals surface area contributed by atoms with Gasteiger partial charge in [-0.3, -0.25) is 9.59 Å². The van der Waals surface area contributed by atoms with Crippen LogP contribution in [0.4, 0.5) is 5.69 Å². The molecule has 0 aliphatic heterocycles. The van der Waals surface area contributed by atoms with E-state index in [9.17, 15) is 9.59 Å². The van der Waals surface area contributed by atoms with Crippen molar-refractivity contribution in [1.29, 1.82) is 5.26 Å². The standard InChI is InChI=1S/C25H31N3O3/c1-17(2)15-22(21-7-5-6-8-23(21)31-16-18(3)4)28-25(30)24(29)27-20-11-9-19(10-12-20)13-14-26/h5-12,17-18,22H,13,15-16H2,1-4H3,(H,27,29)(H,28,30)/t22-/m0/s1. The molecule has 2 aromatic rings. The molecule has 0 spiro atoms. The highest BCUT2D eigenvalue weighted by molar-refractivity contribution is 6.39. The molecule has 0 aromatic heterocycles. The molecule has 0 aliphatic rings. The number of hydrogen-bond donors (Lipinski definition) is 2. The van der Waals surface area contributed by atoms with Crippen LogP contribution in [0.2, 0.25) is 0 Å². The van der Waals surface area contributed by atoms with E-state index in [1.54, 1.807) is 24.3 Å². The number of nitrogens with zero attached hydrogens (tertiary/aromatic N) is 1. The number of anilines is 1. The Hall–Kier alpha value is -3.33. The summed E-state index contributed by atoms with van der Waals surface area (Å²) in [5, 5.41) is 14.2. The smallest absolute Gasteiger partial charge is 0.313 e. The van der Waals surface area contributed by atoms with Crippen molar-refractivity contribution in [2.24, 2.45) is 11.8 Å². The molecular weight excluding hydrogens is 390 g/mol. The number of ether oxygens (including phenoxy) is 1. The van der Waals surface area contributed by atoms with Gasteiger partial charge < -0.3 is 15.4 Å². The average molecular weight is 422 g/mol. The summed E-state index contributed by atoms with van der Waals surface area (Å²) >= 11 is 0. The average Bonchev–Trinajstić information content (AvgIpc) is 2.73. The van der Waals surface area contributed by atoms with Gasteiger partial charge in [-0.25, -0.2) is 0 Å². The molecule has 31 heavy (non-hydrogen) atoms. The molecule has 0 fully saturated rings. The van der Waals surface area contributed by atoms with Gasteiger partial charge in [0.2, 0.25) is 0 Å². The number of amides is 2. The Morgan fingerprint density at radius 3 is 2.26 bits per heavy atom. The van der Waals surface area contributed by atoms with E-state index in [0.717, 1.165) is 16.9 Å². The van der Waals surface area contributed by atoms with E-state index in [0.29, 0.717) is 37.0 Å². The minimum absolute atomic E-state index is 0.296. The Balaban J connectivity index is 2.12. The third-order valence-corrected chi connectivity index (χ3v) is 4.58. The second kappa shape index (κ2) is 11.8. The van der Waals surface area contributed by atoms with Gasteiger partial charge in [0.1, 0.15) is 5.75 Å². The van der Waals surface area contributed by atoms with Crippen molar-refractivity contribution < 1.29 is 14.3 Å². The molecule has 0 bridgehead atoms. The van der Waals surface area contributed by atoms with E-state index >= 15 is 0 Å². The van der Waals surface area contributed by atoms with Gasteiger partial charge in [0.25, 0.3) is 0 Å². The molecule has 1 atom stereocenters. The summed E-state index contributed by atoms with van der Waals surface area (Å²) < 4.78 is 5.96. The van der Waals surface area contributed by atoms with Crippen molar-refractivity contribution in [1.82, 2.24) is 5.32 Å². The van der Waals surface area contributed by atoms with Crippen LogP contribution in [0.5, 0.6) is 5.75 Å². The number of nitrogens with one attached hydrogen (secondary N) is 2. The summed E-state index contributed by atoms with van der Waals surface area (Å²) in [6.07, 6.45) is 0.966. The molecule has 0 heterocycles. The van der Waals surface area contributed by atoms with Gasteiger partial charge in [0.15, 0.2) is 0 Å². The first-order chi connectivity index (χ1) is 14.8. The summed E-state index contributed by atoms with van der Waals surface area (Å²) in [4.78, 5) is 25.1. The van der Waals surface area contributed by atoms with E-state index in [4.69, 9.17) is 10.00 Å². The number of carbonyl (C=O) groups excluding carboxylic acids is 2. The fourth-order valence-corrected chi connectivity index (χ4v) is 3.10. The maximum absolute atomic E-state index is 12.7. The van der Waals surface area contributed by atoms with Crippen LogP contribution in [0.3, 0.4) is 0 Å². The number of benzene rings is 2. The molecular formula is C25H31N3O3. The lowest BCUT2D eigenvalue weighted by atomic mass is 9.96. The van der Waals surface area contributed by atoms with Gasteiger partial charge in [-0.1, -0.05) is 58.0 Å². The van der Waals surface area contributed by atoms with Gasteiger partial charge in [-0.2, -0.15) is 5.26 Å². The maximum Gasteiger partial charge on any atom is 0.313 e. The third-order valence-electron chi connectivity index (χ3n) is 4.58. The molecule has 164 valence electrons. The Morgan fingerprint density at radius 2 is 1.65 bits per heavy atom. The van der Waals surface area contributed by atoms with Crippen LogP contribution < -0.4 is 15.4 Å². The van der Waals surface area contributed by atoms with E-state index in [-0.39, 0.29) is 6.04 Å². The van der Waals surface area contributed by atoms with Crippen molar-refractivity contribution in [3.63, 3.8) is 0 Å². The minimum atomic E-state index is -0.734. The highest BCUT2D eigenvalue weighted by atomic mass is 16.5. The summed E-state index contributed by atoms with van der Waals surface area (Å²) in [5.74, 6) is -0.0425. The molecule has 2 aromatic carbocycles. The van der Waals surface area contributed by atoms with E-state index in [1.807, 2.05) is 24.3 Å². The van der Waals surface area contributed by atoms with Crippen LogP contribution in [0.1, 0.15) is 51.3 Å². The van der Waals surface area contributed by atoms with E-state index in [1.165, 1.54) is 0 Å². The molecule has 0 unspecified atom stereocenters. The lowest BCUT2D eigenvalue weighted by Gasteiger charge is -2.23. The Kier molecular flexibility index (Phi) is 9.08. The van der Waals surface area contributed by atoms with Crippen LogP contribution in [0, 0.1) is 23.2 Å². The zero-order chi connectivity index (χ0) is 22.8. The van der Waals surface area contributed by atoms with Crippen LogP contribution in [-0.2, 0) is 16.0 Å². The lowest BCUT2D eigenvalue weighted by Crippen LogP contribution is -2.38. The van der Waals surface area contributed by atoms with Gasteiger partial charge in [0, 0.05) is 11.3 Å². The second-order valence-corrected chi connectivity index (χ2v) is 8.38. The fraction of sp³-hybridized carbons (Fsp3) is 0.400. The molecule has 0 saturated carbocycles. The molecule has 6 heteroatoms. The molecule has 0 radical (unpaired) electrons. The maximum atomic E-state index is 12.7. The summed E-state index contributed by atoms with van der Waals surface area (Å²) in [7, 11) is 0. The van der Waals surface area contributed by atoms with Crippen molar-refractivity contribution >= 4 is 17.5 Å². The molecule has 2 N–H and O–H groups in total. The van der Waals surface area contributed by atoms with Gasteiger partial charge in [0.05, 0.1) is 25.1 Å². The topological polar surface area (TPSA) is 91.2 Å². The van der Waals surface area contributed by atoms with Crippen LogP contribution in [0.15, 0.2) is 48.5 Å². The third kappa shape index (κ3) is 7.78.